The molecule has 2 aromatic rings. The third-order valence-corrected chi connectivity index (χ3v) is 5.91. The summed E-state index contributed by atoms with van der Waals surface area (Å²) in [5, 5.41) is 4.81. The van der Waals surface area contributed by atoms with Crippen LogP contribution in [0.15, 0.2) is 47.8 Å². The molecule has 2 N–H and O–H groups in total. The highest BCUT2D eigenvalue weighted by molar-refractivity contribution is 7.12. The third-order valence-electron chi connectivity index (χ3n) is 5.04. The van der Waals surface area contributed by atoms with E-state index in [-0.39, 0.29) is 17.7 Å². The molecule has 1 aromatic heterocycles. The van der Waals surface area contributed by atoms with Crippen LogP contribution < -0.4 is 10.2 Å². The van der Waals surface area contributed by atoms with Gasteiger partial charge in [0.1, 0.15) is 12.6 Å². The van der Waals surface area contributed by atoms with Gasteiger partial charge in [0.15, 0.2) is 0 Å². The monoisotopic (exact) mass is 386 g/mol. The Balaban J connectivity index is 1.55. The zero-order valence-corrected chi connectivity index (χ0v) is 16.8. The molecule has 1 fully saturated rings. The summed E-state index contributed by atoms with van der Waals surface area (Å²) in [7, 11) is 0. The topological polar surface area (TPSA) is 53.9 Å². The van der Waals surface area contributed by atoms with E-state index in [1.807, 2.05) is 36.3 Å². The fourth-order valence-electron chi connectivity index (χ4n) is 3.44. The highest BCUT2D eigenvalue weighted by Gasteiger charge is 2.32. The Hall–Kier alpha value is -2.18. The predicted octanol–water partition coefficient (Wildman–Crippen LogP) is 1.43. The van der Waals surface area contributed by atoms with Gasteiger partial charge in [0.2, 0.25) is 5.91 Å². The first kappa shape index (κ1) is 19.6. The summed E-state index contributed by atoms with van der Waals surface area (Å²) in [5.74, 6) is -0.0739. The standard InChI is InChI=1S/C21H27N3O2S/c1-16(2)19(22-20(25)18-9-6-14-27-18)21(26)24-12-10-23(11-13-24)15-17-7-4-3-5-8-17/h3-9,14,16,19H,10-13,15H2,1-2H3,(H,22,25)/p+1/t19-/m0/s1. The zero-order valence-electron chi connectivity index (χ0n) is 16.0. The van der Waals surface area contributed by atoms with Crippen molar-refractivity contribution in [1.29, 1.82) is 0 Å². The lowest BCUT2D eigenvalue weighted by Gasteiger charge is -2.35. The Morgan fingerprint density at radius 2 is 1.81 bits per heavy atom. The van der Waals surface area contributed by atoms with Crippen LogP contribution in [0.2, 0.25) is 0 Å². The first-order valence-electron chi connectivity index (χ1n) is 9.55. The number of nitrogens with zero attached hydrogens (tertiary/aromatic N) is 1. The van der Waals surface area contributed by atoms with Crippen LogP contribution in [0.5, 0.6) is 0 Å². The van der Waals surface area contributed by atoms with Gasteiger partial charge in [-0.05, 0) is 17.4 Å². The molecule has 3 rings (SSSR count). The van der Waals surface area contributed by atoms with Crippen LogP contribution in [0.3, 0.4) is 0 Å². The van der Waals surface area contributed by atoms with Gasteiger partial charge in [0.05, 0.1) is 31.1 Å². The summed E-state index contributed by atoms with van der Waals surface area (Å²) >= 11 is 1.39. The molecule has 2 amide bonds. The Morgan fingerprint density at radius 3 is 2.41 bits per heavy atom. The molecule has 1 aliphatic heterocycles. The van der Waals surface area contributed by atoms with E-state index < -0.39 is 6.04 Å². The number of hydrogen-bond acceptors (Lipinski definition) is 3. The van der Waals surface area contributed by atoms with Crippen molar-refractivity contribution in [2.45, 2.75) is 26.4 Å². The molecule has 5 nitrogen and oxygen atoms in total. The van der Waals surface area contributed by atoms with Crippen LogP contribution in [0.25, 0.3) is 0 Å². The van der Waals surface area contributed by atoms with Gasteiger partial charge in [-0.25, -0.2) is 0 Å². The average Bonchev–Trinajstić information content (AvgIpc) is 3.21. The molecule has 0 saturated carbocycles. The van der Waals surface area contributed by atoms with Crippen molar-refractivity contribution < 1.29 is 14.5 Å². The van der Waals surface area contributed by atoms with Crippen LogP contribution in [0, 0.1) is 5.92 Å². The fourth-order valence-corrected chi connectivity index (χ4v) is 4.06. The van der Waals surface area contributed by atoms with Gasteiger partial charge in [-0.1, -0.05) is 50.2 Å². The average molecular weight is 387 g/mol. The molecule has 6 heteroatoms. The molecule has 1 aromatic carbocycles. The maximum Gasteiger partial charge on any atom is 0.262 e. The minimum Gasteiger partial charge on any atom is -0.339 e. The maximum atomic E-state index is 13.0. The van der Waals surface area contributed by atoms with E-state index in [2.05, 4.69) is 29.6 Å². The van der Waals surface area contributed by atoms with Crippen LogP contribution in [0.4, 0.5) is 0 Å². The smallest absolute Gasteiger partial charge is 0.262 e. The van der Waals surface area contributed by atoms with E-state index in [4.69, 9.17) is 0 Å². The molecule has 0 bridgehead atoms. The molecule has 0 radical (unpaired) electrons. The lowest BCUT2D eigenvalue weighted by Crippen LogP contribution is -3.13. The van der Waals surface area contributed by atoms with Crippen molar-refractivity contribution in [3.05, 3.63) is 58.3 Å². The molecule has 0 spiro atoms. The van der Waals surface area contributed by atoms with Crippen LogP contribution >= 0.6 is 11.3 Å². The minimum atomic E-state index is -0.477. The Kier molecular flexibility index (Phi) is 6.63. The number of rotatable bonds is 6. The number of benzene rings is 1. The number of nitrogens with one attached hydrogen (secondary N) is 2. The van der Waals surface area contributed by atoms with Gasteiger partial charge in [0.25, 0.3) is 5.91 Å². The maximum absolute atomic E-state index is 13.0. The zero-order chi connectivity index (χ0) is 19.2. The quantitative estimate of drug-likeness (QED) is 0.789. The number of carbonyl (C=O) groups is 2. The number of piperazine rings is 1. The SMILES string of the molecule is CC(C)[C@H](NC(=O)c1cccs1)C(=O)N1CC[NH+](Cc2ccccc2)CC1. The summed E-state index contributed by atoms with van der Waals surface area (Å²) < 4.78 is 0. The summed E-state index contributed by atoms with van der Waals surface area (Å²) in [6, 6.07) is 13.6. The molecule has 144 valence electrons. The molecule has 1 atom stereocenters. The predicted molar refractivity (Wildman–Crippen MR) is 108 cm³/mol. The molecule has 27 heavy (non-hydrogen) atoms. The van der Waals surface area contributed by atoms with Gasteiger partial charge in [0, 0.05) is 5.56 Å². The van der Waals surface area contributed by atoms with E-state index in [9.17, 15) is 9.59 Å². The highest BCUT2D eigenvalue weighted by Crippen LogP contribution is 2.12. The largest absolute Gasteiger partial charge is 0.339 e. The first-order valence-corrected chi connectivity index (χ1v) is 10.4. The van der Waals surface area contributed by atoms with Crippen molar-refractivity contribution in [3.8, 4) is 0 Å². The first-order chi connectivity index (χ1) is 13.0. The van der Waals surface area contributed by atoms with Crippen molar-refractivity contribution >= 4 is 23.2 Å². The van der Waals surface area contributed by atoms with E-state index >= 15 is 0 Å². The summed E-state index contributed by atoms with van der Waals surface area (Å²) in [6.07, 6.45) is 0. The van der Waals surface area contributed by atoms with Gasteiger partial charge >= 0.3 is 0 Å². The van der Waals surface area contributed by atoms with Crippen molar-refractivity contribution in [2.75, 3.05) is 26.2 Å². The Morgan fingerprint density at radius 1 is 1.11 bits per heavy atom. The third kappa shape index (κ3) is 5.17. The van der Waals surface area contributed by atoms with E-state index in [0.717, 1.165) is 32.7 Å². The number of amides is 2. The van der Waals surface area contributed by atoms with Crippen molar-refractivity contribution in [3.63, 3.8) is 0 Å². The summed E-state index contributed by atoms with van der Waals surface area (Å²) in [5.41, 5.74) is 1.33. The van der Waals surface area contributed by atoms with E-state index in [1.165, 1.54) is 21.8 Å². The Bertz CT molecular complexity index is 738. The number of hydrogen-bond donors (Lipinski definition) is 2. The van der Waals surface area contributed by atoms with Gasteiger partial charge < -0.3 is 15.1 Å². The lowest BCUT2D eigenvalue weighted by atomic mass is 10.0. The molecule has 1 saturated heterocycles. The van der Waals surface area contributed by atoms with Gasteiger partial charge in [-0.2, -0.15) is 0 Å². The van der Waals surface area contributed by atoms with Gasteiger partial charge in [-0.3, -0.25) is 9.59 Å². The second-order valence-electron chi connectivity index (χ2n) is 7.41. The lowest BCUT2D eigenvalue weighted by molar-refractivity contribution is -0.917. The number of quaternary nitrogens is 1. The normalized spacial score (nSPS) is 16.3. The van der Waals surface area contributed by atoms with E-state index in [0.29, 0.717) is 4.88 Å². The summed E-state index contributed by atoms with van der Waals surface area (Å²) in [4.78, 5) is 29.5. The summed E-state index contributed by atoms with van der Waals surface area (Å²) in [6.45, 7) is 8.29. The molecular formula is C21H28N3O2S+. The van der Waals surface area contributed by atoms with Crippen LogP contribution in [-0.2, 0) is 11.3 Å². The molecule has 1 aliphatic rings. The second kappa shape index (κ2) is 9.15. The van der Waals surface area contributed by atoms with Crippen molar-refractivity contribution in [2.24, 2.45) is 5.92 Å². The molecular weight excluding hydrogens is 358 g/mol. The van der Waals surface area contributed by atoms with Crippen molar-refractivity contribution in [1.82, 2.24) is 10.2 Å². The highest BCUT2D eigenvalue weighted by atomic mass is 32.1. The van der Waals surface area contributed by atoms with Crippen LogP contribution in [-0.4, -0.2) is 48.9 Å². The molecule has 0 unspecified atom stereocenters. The second-order valence-corrected chi connectivity index (χ2v) is 8.36. The fraction of sp³-hybridized carbons (Fsp3) is 0.429. The van der Waals surface area contributed by atoms with E-state index in [1.54, 1.807) is 6.07 Å². The number of thiophene rings is 1. The molecule has 0 aliphatic carbocycles. The van der Waals surface area contributed by atoms with Gasteiger partial charge in [-0.15, -0.1) is 11.3 Å². The Labute approximate surface area is 165 Å². The minimum absolute atomic E-state index is 0.0358. The van der Waals surface area contributed by atoms with Crippen LogP contribution in [0.1, 0.15) is 29.1 Å². The molecule has 2 heterocycles. The number of carbonyl (C=O) groups excluding carboxylic acids is 2.